The standard InChI is InChI=1S/C19H15FN2O3S2/c1-25-18(24)13-4-2-12(3-5-13)16-10-27-19(21-16)22-17(23)11-26-15-8-6-14(20)7-9-15/h2-10H,11H2,1H3,(H,21,22,23). The van der Waals surface area contributed by atoms with E-state index < -0.39 is 5.97 Å². The molecule has 0 bridgehead atoms. The molecular weight excluding hydrogens is 387 g/mol. The molecule has 1 aromatic heterocycles. The number of anilines is 1. The van der Waals surface area contributed by atoms with E-state index in [4.69, 9.17) is 0 Å². The van der Waals surface area contributed by atoms with E-state index >= 15 is 0 Å². The number of thioether (sulfide) groups is 1. The number of thiazole rings is 1. The molecule has 0 fully saturated rings. The van der Waals surface area contributed by atoms with E-state index in [-0.39, 0.29) is 17.5 Å². The van der Waals surface area contributed by atoms with Gasteiger partial charge in [-0.1, -0.05) is 12.1 Å². The van der Waals surface area contributed by atoms with Crippen molar-refractivity contribution < 1.29 is 18.7 Å². The lowest BCUT2D eigenvalue weighted by atomic mass is 10.1. The Morgan fingerprint density at radius 3 is 2.52 bits per heavy atom. The summed E-state index contributed by atoms with van der Waals surface area (Å²) in [6.45, 7) is 0. The Balaban J connectivity index is 1.57. The fourth-order valence-corrected chi connectivity index (χ4v) is 3.63. The SMILES string of the molecule is COC(=O)c1ccc(-c2csc(NC(=O)CSc3ccc(F)cc3)n2)cc1. The van der Waals surface area contributed by atoms with E-state index in [1.807, 2.05) is 5.38 Å². The number of ether oxygens (including phenoxy) is 1. The zero-order chi connectivity index (χ0) is 19.2. The second kappa shape index (κ2) is 8.79. The van der Waals surface area contributed by atoms with Crippen LogP contribution in [0.2, 0.25) is 0 Å². The maximum Gasteiger partial charge on any atom is 0.337 e. The third kappa shape index (κ3) is 5.15. The maximum absolute atomic E-state index is 12.9. The average molecular weight is 402 g/mol. The number of aromatic nitrogens is 1. The van der Waals surface area contributed by atoms with Crippen molar-refractivity contribution in [2.24, 2.45) is 0 Å². The van der Waals surface area contributed by atoms with Crippen LogP contribution in [0.4, 0.5) is 9.52 Å². The Bertz CT molecular complexity index is 940. The predicted octanol–water partition coefficient (Wildman–Crippen LogP) is 4.47. The Hall–Kier alpha value is -2.71. The lowest BCUT2D eigenvalue weighted by molar-refractivity contribution is -0.113. The molecule has 2 aromatic carbocycles. The summed E-state index contributed by atoms with van der Waals surface area (Å²) >= 11 is 2.64. The summed E-state index contributed by atoms with van der Waals surface area (Å²) in [4.78, 5) is 28.7. The zero-order valence-electron chi connectivity index (χ0n) is 14.3. The van der Waals surface area contributed by atoms with Gasteiger partial charge in [-0.3, -0.25) is 4.79 Å². The van der Waals surface area contributed by atoms with Crippen LogP contribution in [-0.4, -0.2) is 29.7 Å². The van der Waals surface area contributed by atoms with Crippen molar-refractivity contribution in [2.45, 2.75) is 4.90 Å². The van der Waals surface area contributed by atoms with E-state index in [1.165, 1.54) is 42.3 Å². The minimum atomic E-state index is -0.397. The molecule has 0 aliphatic carbocycles. The van der Waals surface area contributed by atoms with Gasteiger partial charge in [0.1, 0.15) is 5.82 Å². The number of nitrogens with zero attached hydrogens (tertiary/aromatic N) is 1. The summed E-state index contributed by atoms with van der Waals surface area (Å²) in [6, 6.07) is 12.9. The van der Waals surface area contributed by atoms with Crippen molar-refractivity contribution in [1.29, 1.82) is 0 Å². The summed E-state index contributed by atoms with van der Waals surface area (Å²) in [5, 5.41) is 5.07. The van der Waals surface area contributed by atoms with Crippen LogP contribution in [0, 0.1) is 5.82 Å². The van der Waals surface area contributed by atoms with E-state index in [2.05, 4.69) is 15.0 Å². The number of methoxy groups -OCH3 is 1. The average Bonchev–Trinajstić information content (AvgIpc) is 3.15. The molecule has 5 nitrogen and oxygen atoms in total. The molecule has 0 spiro atoms. The van der Waals surface area contributed by atoms with Crippen LogP contribution in [0.5, 0.6) is 0 Å². The highest BCUT2D eigenvalue weighted by molar-refractivity contribution is 8.00. The lowest BCUT2D eigenvalue weighted by Gasteiger charge is -2.02. The number of carbonyl (C=O) groups is 2. The van der Waals surface area contributed by atoms with Gasteiger partial charge in [0.05, 0.1) is 24.1 Å². The maximum atomic E-state index is 12.9. The number of hydrogen-bond acceptors (Lipinski definition) is 6. The first-order valence-corrected chi connectivity index (χ1v) is 9.74. The first-order valence-electron chi connectivity index (χ1n) is 7.87. The number of esters is 1. The molecule has 0 radical (unpaired) electrons. The van der Waals surface area contributed by atoms with Gasteiger partial charge >= 0.3 is 5.97 Å². The predicted molar refractivity (Wildman–Crippen MR) is 105 cm³/mol. The fraction of sp³-hybridized carbons (Fsp3) is 0.105. The van der Waals surface area contributed by atoms with Gasteiger partial charge in [0, 0.05) is 15.8 Å². The molecule has 3 rings (SSSR count). The number of amides is 1. The summed E-state index contributed by atoms with van der Waals surface area (Å²) in [5.74, 6) is -0.689. The van der Waals surface area contributed by atoms with Gasteiger partial charge in [-0.05, 0) is 36.4 Å². The van der Waals surface area contributed by atoms with Crippen LogP contribution < -0.4 is 5.32 Å². The van der Waals surface area contributed by atoms with Crippen LogP contribution >= 0.6 is 23.1 Å². The monoisotopic (exact) mass is 402 g/mol. The molecule has 0 saturated carbocycles. The molecule has 1 heterocycles. The van der Waals surface area contributed by atoms with Gasteiger partial charge in [0.2, 0.25) is 5.91 Å². The second-order valence-corrected chi connectivity index (χ2v) is 7.30. The van der Waals surface area contributed by atoms with Crippen LogP contribution in [0.15, 0.2) is 58.8 Å². The van der Waals surface area contributed by atoms with Crippen LogP contribution in [0.25, 0.3) is 11.3 Å². The topological polar surface area (TPSA) is 68.3 Å². The summed E-state index contributed by atoms with van der Waals surface area (Å²) in [5.41, 5.74) is 2.00. The zero-order valence-corrected chi connectivity index (χ0v) is 15.9. The molecule has 0 aliphatic heterocycles. The Morgan fingerprint density at radius 1 is 1.15 bits per heavy atom. The minimum absolute atomic E-state index is 0.189. The first-order chi connectivity index (χ1) is 13.0. The number of benzene rings is 2. The van der Waals surface area contributed by atoms with Gasteiger partial charge in [0.25, 0.3) is 0 Å². The van der Waals surface area contributed by atoms with Gasteiger partial charge in [0.15, 0.2) is 5.13 Å². The molecule has 0 unspecified atom stereocenters. The molecule has 138 valence electrons. The highest BCUT2D eigenvalue weighted by atomic mass is 32.2. The van der Waals surface area contributed by atoms with Gasteiger partial charge < -0.3 is 10.1 Å². The normalized spacial score (nSPS) is 10.4. The van der Waals surface area contributed by atoms with Crippen LogP contribution in [0.3, 0.4) is 0 Å². The van der Waals surface area contributed by atoms with Crippen molar-refractivity contribution in [3.8, 4) is 11.3 Å². The highest BCUT2D eigenvalue weighted by Crippen LogP contribution is 2.26. The lowest BCUT2D eigenvalue weighted by Crippen LogP contribution is -2.13. The van der Waals surface area contributed by atoms with Crippen molar-refractivity contribution >= 4 is 40.1 Å². The largest absolute Gasteiger partial charge is 0.465 e. The Labute approximate surface area is 163 Å². The summed E-state index contributed by atoms with van der Waals surface area (Å²) < 4.78 is 17.5. The first kappa shape index (κ1) is 19.1. The molecule has 1 amide bonds. The molecule has 0 aliphatic rings. The van der Waals surface area contributed by atoms with E-state index in [9.17, 15) is 14.0 Å². The third-order valence-corrected chi connectivity index (χ3v) is 5.31. The number of nitrogens with one attached hydrogen (secondary N) is 1. The van der Waals surface area contributed by atoms with E-state index in [1.54, 1.807) is 36.4 Å². The van der Waals surface area contributed by atoms with Crippen molar-refractivity contribution in [2.75, 3.05) is 18.2 Å². The molecule has 3 aromatic rings. The van der Waals surface area contributed by atoms with Crippen LogP contribution in [0.1, 0.15) is 10.4 Å². The minimum Gasteiger partial charge on any atom is -0.465 e. The summed E-state index contributed by atoms with van der Waals surface area (Å²) in [7, 11) is 1.33. The summed E-state index contributed by atoms with van der Waals surface area (Å²) in [6.07, 6.45) is 0. The molecule has 1 N–H and O–H groups in total. The fourth-order valence-electron chi connectivity index (χ4n) is 2.19. The van der Waals surface area contributed by atoms with Crippen molar-refractivity contribution in [1.82, 2.24) is 4.98 Å². The number of rotatable bonds is 6. The molecule has 0 atom stereocenters. The van der Waals surface area contributed by atoms with Gasteiger partial charge in [-0.25, -0.2) is 14.2 Å². The Morgan fingerprint density at radius 2 is 1.85 bits per heavy atom. The Kier molecular flexibility index (Phi) is 6.20. The molecular formula is C19H15FN2O3S2. The van der Waals surface area contributed by atoms with Crippen molar-refractivity contribution in [3.63, 3.8) is 0 Å². The second-order valence-electron chi connectivity index (χ2n) is 5.40. The molecule has 0 saturated heterocycles. The van der Waals surface area contributed by atoms with E-state index in [0.717, 1.165) is 10.5 Å². The number of carbonyl (C=O) groups excluding carboxylic acids is 2. The number of hydrogen-bond donors (Lipinski definition) is 1. The third-order valence-electron chi connectivity index (χ3n) is 3.54. The van der Waals surface area contributed by atoms with Gasteiger partial charge in [-0.15, -0.1) is 23.1 Å². The molecule has 27 heavy (non-hydrogen) atoms. The van der Waals surface area contributed by atoms with Crippen LogP contribution in [-0.2, 0) is 9.53 Å². The molecule has 8 heteroatoms. The van der Waals surface area contributed by atoms with Gasteiger partial charge in [-0.2, -0.15) is 0 Å². The quantitative estimate of drug-likeness (QED) is 0.487. The smallest absolute Gasteiger partial charge is 0.337 e. The van der Waals surface area contributed by atoms with Crippen molar-refractivity contribution in [3.05, 3.63) is 65.3 Å². The highest BCUT2D eigenvalue weighted by Gasteiger charge is 2.10. The number of halogens is 1. The van der Waals surface area contributed by atoms with E-state index in [0.29, 0.717) is 16.4 Å².